The number of rotatable bonds is 3. The van der Waals surface area contributed by atoms with Crippen molar-refractivity contribution < 1.29 is 4.42 Å². The van der Waals surface area contributed by atoms with Gasteiger partial charge in [-0.15, -0.1) is 11.3 Å². The van der Waals surface area contributed by atoms with Gasteiger partial charge in [0.25, 0.3) is 0 Å². The average Bonchev–Trinajstić information content (AvgIpc) is 3.81. The lowest BCUT2D eigenvalue weighted by atomic mass is 9.85. The molecule has 12 rings (SSSR count). The highest BCUT2D eigenvalue weighted by Crippen LogP contribution is 2.47. The zero-order valence-corrected chi connectivity index (χ0v) is 30.0. The van der Waals surface area contributed by atoms with Crippen LogP contribution < -0.4 is 0 Å². The van der Waals surface area contributed by atoms with Crippen LogP contribution in [-0.4, -0.2) is 0 Å². The molecule has 10 aromatic carbocycles. The Balaban J connectivity index is 1.11. The summed E-state index contributed by atoms with van der Waals surface area (Å²) in [5, 5.41) is 14.6. The van der Waals surface area contributed by atoms with E-state index in [1.54, 1.807) is 0 Å². The van der Waals surface area contributed by atoms with Crippen LogP contribution in [0.1, 0.15) is 0 Å². The highest BCUT2D eigenvalue weighted by molar-refractivity contribution is 7.26. The predicted molar refractivity (Wildman–Crippen MR) is 233 cm³/mol. The Hall–Kier alpha value is -6.74. The van der Waals surface area contributed by atoms with Gasteiger partial charge >= 0.3 is 0 Å². The van der Waals surface area contributed by atoms with Gasteiger partial charge < -0.3 is 4.42 Å². The minimum absolute atomic E-state index is 0.949. The SMILES string of the molecule is c1cc(-c2c3ccccc3c(-c3ccc4ccccc4c3)c3ccccc23)cc(-c2cc3c4ccc5sc6ccccc6c5c4oc3c3ccccc23)c1. The molecular formula is C52H30OS. The van der Waals surface area contributed by atoms with Gasteiger partial charge in [0.15, 0.2) is 0 Å². The van der Waals surface area contributed by atoms with Gasteiger partial charge in [-0.1, -0.05) is 146 Å². The van der Waals surface area contributed by atoms with E-state index >= 15 is 0 Å². The molecule has 0 aliphatic carbocycles. The monoisotopic (exact) mass is 702 g/mol. The van der Waals surface area contributed by atoms with E-state index in [4.69, 9.17) is 4.42 Å². The summed E-state index contributed by atoms with van der Waals surface area (Å²) < 4.78 is 9.44. The number of hydrogen-bond donors (Lipinski definition) is 0. The normalized spacial score (nSPS) is 12.1. The maximum Gasteiger partial charge on any atom is 0.144 e. The van der Waals surface area contributed by atoms with Crippen LogP contribution in [0.4, 0.5) is 0 Å². The molecule has 54 heavy (non-hydrogen) atoms. The lowest BCUT2D eigenvalue weighted by Crippen LogP contribution is -1.91. The molecule has 2 aromatic heterocycles. The fourth-order valence-corrected chi connectivity index (χ4v) is 10.1. The van der Waals surface area contributed by atoms with E-state index in [2.05, 4.69) is 182 Å². The fourth-order valence-electron chi connectivity index (χ4n) is 9.04. The average molecular weight is 703 g/mol. The molecule has 0 saturated carbocycles. The Morgan fingerprint density at radius 3 is 1.63 bits per heavy atom. The van der Waals surface area contributed by atoms with E-state index < -0.39 is 0 Å². The molecule has 1 nitrogen and oxygen atoms in total. The first-order chi connectivity index (χ1) is 26.8. The Morgan fingerprint density at radius 1 is 0.315 bits per heavy atom. The maximum atomic E-state index is 6.90. The number of furan rings is 1. The van der Waals surface area contributed by atoms with Crippen LogP contribution in [0.2, 0.25) is 0 Å². The quantitative estimate of drug-likeness (QED) is 0.167. The molecule has 250 valence electrons. The molecule has 0 atom stereocenters. The maximum absolute atomic E-state index is 6.90. The molecule has 0 unspecified atom stereocenters. The van der Waals surface area contributed by atoms with Crippen molar-refractivity contribution in [3.63, 3.8) is 0 Å². The fraction of sp³-hybridized carbons (Fsp3) is 0. The minimum atomic E-state index is 0.949. The van der Waals surface area contributed by atoms with Crippen LogP contribution >= 0.6 is 11.3 Å². The molecule has 0 fully saturated rings. The van der Waals surface area contributed by atoms with E-state index in [0.29, 0.717) is 0 Å². The van der Waals surface area contributed by atoms with Crippen LogP contribution in [0.25, 0.3) is 119 Å². The number of hydrogen-bond acceptors (Lipinski definition) is 2. The van der Waals surface area contributed by atoms with Crippen molar-refractivity contribution in [3.8, 4) is 33.4 Å². The zero-order valence-electron chi connectivity index (χ0n) is 29.1. The Bertz CT molecular complexity index is 3450. The summed E-state index contributed by atoms with van der Waals surface area (Å²) in [5.41, 5.74) is 9.30. The molecule has 0 aliphatic rings. The molecule has 12 aromatic rings. The van der Waals surface area contributed by atoms with Crippen molar-refractivity contribution in [2.75, 3.05) is 0 Å². The number of fused-ring (bicyclic) bond motifs is 12. The first kappa shape index (κ1) is 29.8. The van der Waals surface area contributed by atoms with E-state index in [0.717, 1.165) is 27.3 Å². The largest absolute Gasteiger partial charge is 0.455 e. The Morgan fingerprint density at radius 2 is 0.889 bits per heavy atom. The molecule has 0 aliphatic heterocycles. The van der Waals surface area contributed by atoms with Gasteiger partial charge in [0.2, 0.25) is 0 Å². The van der Waals surface area contributed by atoms with Crippen molar-refractivity contribution >= 4 is 96.5 Å². The third kappa shape index (κ3) is 4.26. The second-order valence-corrected chi connectivity index (χ2v) is 15.4. The number of thiophene rings is 1. The van der Waals surface area contributed by atoms with Gasteiger partial charge in [0.1, 0.15) is 11.2 Å². The second-order valence-electron chi connectivity index (χ2n) is 14.3. The van der Waals surface area contributed by atoms with E-state index in [-0.39, 0.29) is 0 Å². The standard InChI is InChI=1S/C52H30OS/c1-2-13-32-28-35(25-24-31(32)12-1)49-39-19-6-4-17-37(39)48(38-18-5-7-20-40(38)49)34-15-11-14-33(29-34)44-30-45-42-26-27-47-50(43-22-9-10-23-46(43)54-47)52(42)53-51(45)41-21-8-3-16-36(41)44/h1-30H. The van der Waals surface area contributed by atoms with Crippen LogP contribution in [0.5, 0.6) is 0 Å². The smallest absolute Gasteiger partial charge is 0.144 e. The molecule has 0 N–H and O–H groups in total. The summed E-state index contributed by atoms with van der Waals surface area (Å²) in [6.07, 6.45) is 0. The highest BCUT2D eigenvalue weighted by atomic mass is 32.1. The van der Waals surface area contributed by atoms with Gasteiger partial charge in [-0.25, -0.2) is 0 Å². The molecule has 0 saturated heterocycles. The Labute approximate surface area is 314 Å². The first-order valence-electron chi connectivity index (χ1n) is 18.5. The number of benzene rings is 10. The molecule has 0 spiro atoms. The van der Waals surface area contributed by atoms with Crippen molar-refractivity contribution in [3.05, 3.63) is 182 Å². The third-order valence-corrected chi connectivity index (χ3v) is 12.6. The first-order valence-corrected chi connectivity index (χ1v) is 19.3. The summed E-state index contributed by atoms with van der Waals surface area (Å²) in [6, 6.07) is 66.8. The highest BCUT2D eigenvalue weighted by Gasteiger charge is 2.20. The minimum Gasteiger partial charge on any atom is -0.455 e. The lowest BCUT2D eigenvalue weighted by Gasteiger charge is -2.18. The molecule has 0 radical (unpaired) electrons. The van der Waals surface area contributed by atoms with Crippen LogP contribution in [-0.2, 0) is 0 Å². The van der Waals surface area contributed by atoms with Crippen molar-refractivity contribution in [2.24, 2.45) is 0 Å². The summed E-state index contributed by atoms with van der Waals surface area (Å²) in [7, 11) is 0. The van der Waals surface area contributed by atoms with Gasteiger partial charge in [0, 0.05) is 36.3 Å². The van der Waals surface area contributed by atoms with E-state index in [9.17, 15) is 0 Å². The van der Waals surface area contributed by atoms with E-state index in [1.165, 1.54) is 91.3 Å². The lowest BCUT2D eigenvalue weighted by molar-refractivity contribution is 0.677. The summed E-state index contributed by atoms with van der Waals surface area (Å²) in [5.74, 6) is 0. The summed E-state index contributed by atoms with van der Waals surface area (Å²) >= 11 is 1.83. The molecular weight excluding hydrogens is 673 g/mol. The summed E-state index contributed by atoms with van der Waals surface area (Å²) in [4.78, 5) is 0. The van der Waals surface area contributed by atoms with E-state index in [1.807, 2.05) is 11.3 Å². The van der Waals surface area contributed by atoms with Crippen LogP contribution in [0.15, 0.2) is 186 Å². The van der Waals surface area contributed by atoms with Crippen LogP contribution in [0.3, 0.4) is 0 Å². The van der Waals surface area contributed by atoms with Gasteiger partial charge in [-0.3, -0.25) is 0 Å². The molecule has 0 bridgehead atoms. The molecule has 0 amide bonds. The zero-order chi connectivity index (χ0) is 35.3. The second kappa shape index (κ2) is 11.4. The molecule has 2 heterocycles. The summed E-state index contributed by atoms with van der Waals surface area (Å²) in [6.45, 7) is 0. The van der Waals surface area contributed by atoms with Crippen LogP contribution in [0, 0.1) is 0 Å². The van der Waals surface area contributed by atoms with Crippen molar-refractivity contribution in [1.29, 1.82) is 0 Å². The predicted octanol–water partition coefficient (Wildman–Crippen LogP) is 15.6. The van der Waals surface area contributed by atoms with Crippen molar-refractivity contribution in [2.45, 2.75) is 0 Å². The third-order valence-electron chi connectivity index (χ3n) is 11.4. The van der Waals surface area contributed by atoms with Crippen molar-refractivity contribution in [1.82, 2.24) is 0 Å². The van der Waals surface area contributed by atoms with Gasteiger partial charge in [-0.05, 0) is 107 Å². The van der Waals surface area contributed by atoms with Gasteiger partial charge in [0.05, 0.1) is 0 Å². The van der Waals surface area contributed by atoms with Gasteiger partial charge in [-0.2, -0.15) is 0 Å². The Kier molecular flexibility index (Phi) is 6.28. The topological polar surface area (TPSA) is 13.1 Å². The molecule has 2 heteroatoms.